The van der Waals surface area contributed by atoms with Crippen molar-refractivity contribution in [3.8, 4) is 0 Å². The molecule has 0 saturated heterocycles. The van der Waals surface area contributed by atoms with Gasteiger partial charge in [-0.1, -0.05) is 47.6 Å². The quantitative estimate of drug-likeness (QED) is 0.786. The third-order valence-electron chi connectivity index (χ3n) is 3.93. The van der Waals surface area contributed by atoms with Crippen LogP contribution >= 0.6 is 0 Å². The Bertz CT molecular complexity index is 623. The van der Waals surface area contributed by atoms with Crippen molar-refractivity contribution in [1.82, 2.24) is 0 Å². The van der Waals surface area contributed by atoms with Crippen molar-refractivity contribution in [3.63, 3.8) is 0 Å². The van der Waals surface area contributed by atoms with E-state index in [-0.39, 0.29) is 16.9 Å². The highest BCUT2D eigenvalue weighted by atomic mass is 16.3. The van der Waals surface area contributed by atoms with Gasteiger partial charge in [0.2, 0.25) is 0 Å². The van der Waals surface area contributed by atoms with Crippen LogP contribution in [0.1, 0.15) is 64.5 Å². The summed E-state index contributed by atoms with van der Waals surface area (Å²) in [6, 6.07) is 6.46. The molecule has 0 fully saturated rings. The van der Waals surface area contributed by atoms with Crippen molar-refractivity contribution < 1.29 is 4.42 Å². The van der Waals surface area contributed by atoms with Crippen LogP contribution in [0, 0.1) is 12.3 Å². The lowest BCUT2D eigenvalue weighted by molar-refractivity contribution is 0.290. The molecule has 1 aromatic heterocycles. The van der Waals surface area contributed by atoms with Crippen LogP contribution in [0.5, 0.6) is 0 Å². The fraction of sp³-hybridized carbons (Fsp3) is 0.556. The Morgan fingerprint density at radius 3 is 2.10 bits per heavy atom. The van der Waals surface area contributed by atoms with Crippen LogP contribution in [0.3, 0.4) is 0 Å². The molecule has 0 bridgehead atoms. The molecule has 2 rings (SSSR count). The third kappa shape index (κ3) is 2.76. The second kappa shape index (κ2) is 4.63. The first kappa shape index (κ1) is 15.1. The van der Waals surface area contributed by atoms with Gasteiger partial charge in [0.05, 0.1) is 6.04 Å². The maximum atomic E-state index is 6.32. The van der Waals surface area contributed by atoms with Crippen molar-refractivity contribution in [2.45, 2.75) is 59.9 Å². The average molecular weight is 273 g/mol. The molecule has 2 aromatic rings. The first-order chi connectivity index (χ1) is 9.00. The summed E-state index contributed by atoms with van der Waals surface area (Å²) in [5.41, 5.74) is 9.93. The molecule has 110 valence electrons. The topological polar surface area (TPSA) is 39.2 Å². The van der Waals surface area contributed by atoms with Gasteiger partial charge in [-0.05, 0) is 41.0 Å². The lowest BCUT2D eigenvalue weighted by atomic mass is 9.85. The molecule has 0 radical (unpaired) electrons. The largest absolute Gasteiger partial charge is 0.459 e. The molecule has 2 N–H and O–H groups in total. The monoisotopic (exact) mass is 273 g/mol. The molecule has 0 aliphatic heterocycles. The second-order valence-electron chi connectivity index (χ2n) is 7.95. The summed E-state index contributed by atoms with van der Waals surface area (Å²) >= 11 is 0. The van der Waals surface area contributed by atoms with Crippen molar-refractivity contribution in [2.24, 2.45) is 11.1 Å². The number of hydrogen-bond acceptors (Lipinski definition) is 2. The van der Waals surface area contributed by atoms with Gasteiger partial charge >= 0.3 is 0 Å². The molecule has 1 heterocycles. The summed E-state index contributed by atoms with van der Waals surface area (Å²) in [6.45, 7) is 15.2. The molecule has 0 aliphatic carbocycles. The lowest BCUT2D eigenvalue weighted by Gasteiger charge is -2.24. The standard InChI is InChI=1S/C18H27NO/c1-11-8-13(17(2,3)4)9-12-10-14(20-15(11)12)16(19)18(5,6)7/h8-10,16H,19H2,1-7H3. The molecule has 2 nitrogen and oxygen atoms in total. The second-order valence-corrected chi connectivity index (χ2v) is 7.95. The number of nitrogens with two attached hydrogens (primary N) is 1. The Morgan fingerprint density at radius 2 is 1.60 bits per heavy atom. The number of furan rings is 1. The van der Waals surface area contributed by atoms with Gasteiger partial charge in [0.15, 0.2) is 0 Å². The summed E-state index contributed by atoms with van der Waals surface area (Å²) < 4.78 is 6.03. The Kier molecular flexibility index (Phi) is 3.50. The Balaban J connectivity index is 2.57. The lowest BCUT2D eigenvalue weighted by Crippen LogP contribution is -2.25. The first-order valence-corrected chi connectivity index (χ1v) is 7.30. The zero-order valence-electron chi connectivity index (χ0n) is 13.8. The van der Waals surface area contributed by atoms with E-state index in [2.05, 4.69) is 66.7 Å². The normalized spacial score (nSPS) is 14.8. The van der Waals surface area contributed by atoms with Crippen LogP contribution in [-0.4, -0.2) is 0 Å². The van der Waals surface area contributed by atoms with E-state index in [1.54, 1.807) is 0 Å². The van der Waals surface area contributed by atoms with E-state index in [9.17, 15) is 0 Å². The highest BCUT2D eigenvalue weighted by molar-refractivity contribution is 5.82. The van der Waals surface area contributed by atoms with Gasteiger partial charge in [0, 0.05) is 5.39 Å². The predicted octanol–water partition coefficient (Wildman–Crippen LogP) is 5.08. The van der Waals surface area contributed by atoms with Crippen LogP contribution in [-0.2, 0) is 5.41 Å². The van der Waals surface area contributed by atoms with E-state index in [0.29, 0.717) is 0 Å². The van der Waals surface area contributed by atoms with Crippen LogP contribution in [0.4, 0.5) is 0 Å². The first-order valence-electron chi connectivity index (χ1n) is 7.30. The van der Waals surface area contributed by atoms with Gasteiger partial charge in [-0.2, -0.15) is 0 Å². The zero-order chi connectivity index (χ0) is 15.3. The minimum Gasteiger partial charge on any atom is -0.459 e. The molecule has 1 atom stereocenters. The third-order valence-corrected chi connectivity index (χ3v) is 3.93. The average Bonchev–Trinajstić information content (AvgIpc) is 2.69. The highest BCUT2D eigenvalue weighted by Gasteiger charge is 2.26. The maximum Gasteiger partial charge on any atom is 0.137 e. The number of hydrogen-bond donors (Lipinski definition) is 1. The van der Waals surface area contributed by atoms with Gasteiger partial charge in [-0.15, -0.1) is 0 Å². The molecular weight excluding hydrogens is 246 g/mol. The molecular formula is C18H27NO. The van der Waals surface area contributed by atoms with Gasteiger partial charge in [-0.3, -0.25) is 0 Å². The highest BCUT2D eigenvalue weighted by Crippen LogP contribution is 2.36. The Morgan fingerprint density at radius 1 is 1.00 bits per heavy atom. The van der Waals surface area contributed by atoms with Gasteiger partial charge in [0.25, 0.3) is 0 Å². The van der Waals surface area contributed by atoms with Crippen molar-refractivity contribution in [3.05, 3.63) is 35.1 Å². The van der Waals surface area contributed by atoms with E-state index >= 15 is 0 Å². The summed E-state index contributed by atoms with van der Waals surface area (Å²) in [6.07, 6.45) is 0. The van der Waals surface area contributed by atoms with E-state index in [4.69, 9.17) is 10.2 Å². The van der Waals surface area contributed by atoms with Crippen LogP contribution in [0.15, 0.2) is 22.6 Å². The van der Waals surface area contributed by atoms with E-state index in [0.717, 1.165) is 16.7 Å². The van der Waals surface area contributed by atoms with Gasteiger partial charge in [-0.25, -0.2) is 0 Å². The smallest absolute Gasteiger partial charge is 0.137 e. The number of benzene rings is 1. The molecule has 1 aromatic carbocycles. The van der Waals surface area contributed by atoms with E-state index < -0.39 is 0 Å². The minimum atomic E-state index is -0.0904. The summed E-state index contributed by atoms with van der Waals surface area (Å²) in [7, 11) is 0. The minimum absolute atomic E-state index is 0.00532. The van der Waals surface area contributed by atoms with Crippen molar-refractivity contribution in [1.29, 1.82) is 0 Å². The molecule has 0 saturated carbocycles. The van der Waals surface area contributed by atoms with E-state index in [1.165, 1.54) is 11.1 Å². The van der Waals surface area contributed by atoms with Gasteiger partial charge in [0.1, 0.15) is 11.3 Å². The predicted molar refractivity (Wildman–Crippen MR) is 86.0 cm³/mol. The Hall–Kier alpha value is -1.28. The summed E-state index contributed by atoms with van der Waals surface area (Å²) in [5.74, 6) is 0.877. The van der Waals surface area contributed by atoms with Crippen molar-refractivity contribution in [2.75, 3.05) is 0 Å². The molecule has 20 heavy (non-hydrogen) atoms. The van der Waals surface area contributed by atoms with Gasteiger partial charge < -0.3 is 10.2 Å². The fourth-order valence-electron chi connectivity index (χ4n) is 2.36. The Labute approximate surface area is 122 Å². The maximum absolute atomic E-state index is 6.32. The molecule has 1 unspecified atom stereocenters. The molecule has 0 spiro atoms. The summed E-state index contributed by atoms with van der Waals surface area (Å²) in [5, 5.41) is 1.16. The van der Waals surface area contributed by atoms with E-state index in [1.807, 2.05) is 0 Å². The van der Waals surface area contributed by atoms with Crippen LogP contribution < -0.4 is 5.73 Å². The number of fused-ring (bicyclic) bond motifs is 1. The molecule has 0 aliphatic rings. The number of aryl methyl sites for hydroxylation is 1. The SMILES string of the molecule is Cc1cc(C(C)(C)C)cc2cc(C(N)C(C)(C)C)oc12. The summed E-state index contributed by atoms with van der Waals surface area (Å²) in [4.78, 5) is 0. The van der Waals surface area contributed by atoms with Crippen LogP contribution in [0.2, 0.25) is 0 Å². The van der Waals surface area contributed by atoms with Crippen LogP contribution in [0.25, 0.3) is 11.0 Å². The molecule has 2 heteroatoms. The molecule has 0 amide bonds. The van der Waals surface area contributed by atoms with Crippen molar-refractivity contribution >= 4 is 11.0 Å². The number of rotatable bonds is 1. The fourth-order valence-corrected chi connectivity index (χ4v) is 2.36. The zero-order valence-corrected chi connectivity index (χ0v) is 13.8.